The molecule has 3 N–H and O–H groups in total. The van der Waals surface area contributed by atoms with E-state index in [-0.39, 0.29) is 29.8 Å². The van der Waals surface area contributed by atoms with Gasteiger partial charge in [0.25, 0.3) is 0 Å². The van der Waals surface area contributed by atoms with Crippen LogP contribution in [0.1, 0.15) is 39.3 Å². The lowest BCUT2D eigenvalue weighted by molar-refractivity contribution is 0.130. The van der Waals surface area contributed by atoms with Gasteiger partial charge in [-0.3, -0.25) is 0 Å². The van der Waals surface area contributed by atoms with Gasteiger partial charge in [0.05, 0.1) is 0 Å². The van der Waals surface area contributed by atoms with Crippen molar-refractivity contribution in [2.45, 2.75) is 39.3 Å². The number of benzene rings is 1. The predicted octanol–water partition coefficient (Wildman–Crippen LogP) is 3.01. The quantitative estimate of drug-likeness (QED) is 0.842. The van der Waals surface area contributed by atoms with Gasteiger partial charge in [-0.05, 0) is 45.9 Å². The number of hydrogen-bond donors (Lipinski definition) is 2. The molecule has 0 bridgehead atoms. The van der Waals surface area contributed by atoms with E-state index < -0.39 is 0 Å². The van der Waals surface area contributed by atoms with Crippen LogP contribution in [0.4, 0.5) is 0 Å². The summed E-state index contributed by atoms with van der Waals surface area (Å²) < 4.78 is 5.68. The summed E-state index contributed by atoms with van der Waals surface area (Å²) in [5, 5.41) is 9.57. The molecule has 0 heterocycles. The van der Waals surface area contributed by atoms with Crippen LogP contribution >= 0.6 is 12.4 Å². The van der Waals surface area contributed by atoms with E-state index in [1.807, 2.05) is 27.7 Å². The Morgan fingerprint density at radius 2 is 1.88 bits per heavy atom. The fourth-order valence-electron chi connectivity index (χ4n) is 1.31. The highest BCUT2D eigenvalue weighted by atomic mass is 35.5. The van der Waals surface area contributed by atoms with Crippen LogP contribution in [0.5, 0.6) is 11.5 Å². The van der Waals surface area contributed by atoms with Crippen molar-refractivity contribution in [3.63, 3.8) is 0 Å². The first-order chi connectivity index (χ1) is 6.79. The summed E-state index contributed by atoms with van der Waals surface area (Å²) in [5.74, 6) is 0.943. The zero-order valence-corrected chi connectivity index (χ0v) is 11.0. The van der Waals surface area contributed by atoms with Crippen molar-refractivity contribution in [1.29, 1.82) is 0 Å². The van der Waals surface area contributed by atoms with E-state index >= 15 is 0 Å². The molecule has 92 valence electrons. The summed E-state index contributed by atoms with van der Waals surface area (Å²) in [6, 6.07) is 4.94. The maximum atomic E-state index is 9.57. The number of phenolic OH excluding ortho intramolecular Hbond substituents is 1. The van der Waals surface area contributed by atoms with E-state index in [1.54, 1.807) is 18.2 Å². The Labute approximate surface area is 103 Å². The van der Waals surface area contributed by atoms with E-state index in [0.29, 0.717) is 5.56 Å². The van der Waals surface area contributed by atoms with Gasteiger partial charge in [0, 0.05) is 11.6 Å². The molecular weight excluding hydrogens is 226 g/mol. The molecule has 1 aromatic rings. The second-order valence-electron chi connectivity index (χ2n) is 4.72. The predicted molar refractivity (Wildman–Crippen MR) is 68.3 cm³/mol. The van der Waals surface area contributed by atoms with Gasteiger partial charge < -0.3 is 15.6 Å². The third kappa shape index (κ3) is 4.29. The van der Waals surface area contributed by atoms with E-state index in [1.165, 1.54) is 0 Å². The maximum absolute atomic E-state index is 9.57. The molecule has 1 atom stereocenters. The van der Waals surface area contributed by atoms with E-state index in [4.69, 9.17) is 10.5 Å². The Balaban J connectivity index is 0.00000225. The van der Waals surface area contributed by atoms with Gasteiger partial charge in [0.1, 0.15) is 17.1 Å². The van der Waals surface area contributed by atoms with Crippen molar-refractivity contribution >= 4 is 12.4 Å². The highest BCUT2D eigenvalue weighted by molar-refractivity contribution is 5.85. The summed E-state index contributed by atoms with van der Waals surface area (Å²) in [5.41, 5.74) is 6.19. The fraction of sp³-hybridized carbons (Fsp3) is 0.500. The van der Waals surface area contributed by atoms with Crippen LogP contribution in [0.15, 0.2) is 18.2 Å². The van der Waals surface area contributed by atoms with Crippen LogP contribution in [0.3, 0.4) is 0 Å². The van der Waals surface area contributed by atoms with Gasteiger partial charge in [-0.25, -0.2) is 0 Å². The normalized spacial score (nSPS) is 12.8. The molecule has 1 rings (SSSR count). The molecule has 0 aliphatic rings. The van der Waals surface area contributed by atoms with Crippen molar-refractivity contribution in [2.24, 2.45) is 5.73 Å². The fourth-order valence-corrected chi connectivity index (χ4v) is 1.31. The number of phenols is 1. The Hall–Kier alpha value is -0.930. The molecule has 0 spiro atoms. The minimum atomic E-state index is -0.244. The summed E-state index contributed by atoms with van der Waals surface area (Å²) in [6.07, 6.45) is 0. The van der Waals surface area contributed by atoms with Crippen molar-refractivity contribution in [3.8, 4) is 11.5 Å². The standard InChI is InChI=1S/C12H19NO2.ClH/c1-8(13)10-7-9(5-6-11(10)14)15-12(2,3)4;/h5-8,14H,13H2,1-4H3;1H/t8-;/m0./s1. The number of rotatable bonds is 2. The third-order valence-electron chi connectivity index (χ3n) is 1.91. The lowest BCUT2D eigenvalue weighted by Gasteiger charge is -2.22. The molecule has 0 aliphatic heterocycles. The molecule has 1 aromatic carbocycles. The number of nitrogens with two attached hydrogens (primary N) is 1. The van der Waals surface area contributed by atoms with Crippen LogP contribution in [-0.4, -0.2) is 10.7 Å². The van der Waals surface area contributed by atoms with E-state index in [9.17, 15) is 5.11 Å². The summed E-state index contributed by atoms with van der Waals surface area (Å²) in [4.78, 5) is 0. The summed E-state index contributed by atoms with van der Waals surface area (Å²) >= 11 is 0. The van der Waals surface area contributed by atoms with Gasteiger partial charge in [0.2, 0.25) is 0 Å². The minimum Gasteiger partial charge on any atom is -0.508 e. The first kappa shape index (κ1) is 15.1. The van der Waals surface area contributed by atoms with Crippen molar-refractivity contribution in [1.82, 2.24) is 0 Å². The first-order valence-corrected chi connectivity index (χ1v) is 5.07. The Kier molecular flexibility index (Phi) is 5.10. The maximum Gasteiger partial charge on any atom is 0.120 e. The molecule has 0 aromatic heterocycles. The lowest BCUT2D eigenvalue weighted by atomic mass is 10.1. The highest BCUT2D eigenvalue weighted by Crippen LogP contribution is 2.28. The van der Waals surface area contributed by atoms with Gasteiger partial charge in [-0.15, -0.1) is 12.4 Å². The second kappa shape index (κ2) is 5.41. The molecule has 3 nitrogen and oxygen atoms in total. The average Bonchev–Trinajstić information content (AvgIpc) is 2.05. The van der Waals surface area contributed by atoms with Gasteiger partial charge in [-0.2, -0.15) is 0 Å². The smallest absolute Gasteiger partial charge is 0.120 e. The molecular formula is C12H20ClNO2. The average molecular weight is 246 g/mol. The van der Waals surface area contributed by atoms with E-state index in [0.717, 1.165) is 5.75 Å². The minimum absolute atomic E-state index is 0. The molecule has 0 fully saturated rings. The van der Waals surface area contributed by atoms with E-state index in [2.05, 4.69) is 0 Å². The number of hydrogen-bond acceptors (Lipinski definition) is 3. The van der Waals surface area contributed by atoms with Gasteiger partial charge in [0.15, 0.2) is 0 Å². The number of ether oxygens (including phenoxy) is 1. The van der Waals surface area contributed by atoms with Gasteiger partial charge >= 0.3 is 0 Å². The van der Waals surface area contributed by atoms with Crippen molar-refractivity contribution in [2.75, 3.05) is 0 Å². The van der Waals surface area contributed by atoms with Crippen LogP contribution in [0.25, 0.3) is 0 Å². The number of halogens is 1. The van der Waals surface area contributed by atoms with Crippen molar-refractivity contribution < 1.29 is 9.84 Å². The largest absolute Gasteiger partial charge is 0.508 e. The van der Waals surface area contributed by atoms with Crippen molar-refractivity contribution in [3.05, 3.63) is 23.8 Å². The van der Waals surface area contributed by atoms with Crippen LogP contribution in [0, 0.1) is 0 Å². The van der Waals surface area contributed by atoms with Crippen LogP contribution < -0.4 is 10.5 Å². The molecule has 0 saturated carbocycles. The first-order valence-electron chi connectivity index (χ1n) is 5.07. The number of aromatic hydroxyl groups is 1. The molecule has 0 unspecified atom stereocenters. The van der Waals surface area contributed by atoms with Crippen LogP contribution in [-0.2, 0) is 0 Å². The third-order valence-corrected chi connectivity index (χ3v) is 1.91. The Bertz CT molecular complexity index is 345. The second-order valence-corrected chi connectivity index (χ2v) is 4.72. The molecule has 0 amide bonds. The lowest BCUT2D eigenvalue weighted by Crippen LogP contribution is -2.23. The Morgan fingerprint density at radius 3 is 2.31 bits per heavy atom. The molecule has 0 radical (unpaired) electrons. The zero-order valence-electron chi connectivity index (χ0n) is 10.2. The van der Waals surface area contributed by atoms with Gasteiger partial charge in [-0.1, -0.05) is 0 Å². The summed E-state index contributed by atoms with van der Waals surface area (Å²) in [7, 11) is 0. The molecule has 16 heavy (non-hydrogen) atoms. The summed E-state index contributed by atoms with van der Waals surface area (Å²) in [6.45, 7) is 7.76. The topological polar surface area (TPSA) is 55.5 Å². The monoisotopic (exact) mass is 245 g/mol. The molecule has 4 heteroatoms. The zero-order chi connectivity index (χ0) is 11.6. The highest BCUT2D eigenvalue weighted by Gasteiger charge is 2.14. The van der Waals surface area contributed by atoms with Crippen LogP contribution in [0.2, 0.25) is 0 Å². The SMILES string of the molecule is C[C@H](N)c1cc(OC(C)(C)C)ccc1O.Cl. The molecule has 0 aliphatic carbocycles. The Morgan fingerprint density at radius 1 is 1.31 bits per heavy atom. The molecule has 0 saturated heterocycles.